The molecule has 1 spiro atoms. The Kier molecular flexibility index (Phi) is 4.55. The van der Waals surface area contributed by atoms with Crippen molar-refractivity contribution in [2.45, 2.75) is 30.7 Å². The van der Waals surface area contributed by atoms with Gasteiger partial charge in [0.1, 0.15) is 5.75 Å². The lowest BCUT2D eigenvalue weighted by Gasteiger charge is -2.35. The van der Waals surface area contributed by atoms with Crippen LogP contribution in [0.25, 0.3) is 11.1 Å². The Balaban J connectivity index is 1.55. The molecule has 5 heterocycles. The maximum absolute atomic E-state index is 15.7. The average Bonchev–Trinajstić information content (AvgIpc) is 3.14. The van der Waals surface area contributed by atoms with Gasteiger partial charge in [0.2, 0.25) is 5.95 Å². The Morgan fingerprint density at radius 1 is 1.03 bits per heavy atom. The van der Waals surface area contributed by atoms with Crippen LogP contribution in [0.15, 0.2) is 53.8 Å². The van der Waals surface area contributed by atoms with Crippen molar-refractivity contribution in [1.82, 2.24) is 9.97 Å². The molecule has 0 saturated carbocycles. The van der Waals surface area contributed by atoms with Crippen molar-refractivity contribution in [1.29, 1.82) is 0 Å². The fraction of sp³-hybridized carbons (Fsp3) is 0.292. The number of halogens is 2. The molecule has 0 amide bonds. The molecular weight excluding hydrogens is 430 g/mol. The van der Waals surface area contributed by atoms with E-state index < -0.39 is 17.8 Å². The van der Waals surface area contributed by atoms with Crippen LogP contribution in [0, 0.1) is 5.95 Å². The molecule has 168 valence electrons. The quantitative estimate of drug-likeness (QED) is 0.590. The van der Waals surface area contributed by atoms with Gasteiger partial charge in [-0.15, -0.1) is 0 Å². The molecule has 0 aliphatic carbocycles. The number of nitrogens with zero attached hydrogens (tertiary/aromatic N) is 3. The average molecular weight is 450 g/mol. The highest BCUT2D eigenvalue weighted by molar-refractivity contribution is 5.78. The highest BCUT2D eigenvalue weighted by atomic mass is 19.1. The van der Waals surface area contributed by atoms with Crippen LogP contribution in [0.1, 0.15) is 35.6 Å². The molecule has 6 rings (SSSR count). The smallest absolute Gasteiger partial charge is 0.286 e. The summed E-state index contributed by atoms with van der Waals surface area (Å²) in [6.07, 6.45) is 2.72. The van der Waals surface area contributed by atoms with Crippen LogP contribution >= 0.6 is 0 Å². The third-order valence-corrected chi connectivity index (χ3v) is 6.46. The summed E-state index contributed by atoms with van der Waals surface area (Å²) in [7, 11) is 0. The van der Waals surface area contributed by atoms with Crippen molar-refractivity contribution < 1.29 is 23.0 Å². The molecule has 3 aliphatic rings. The van der Waals surface area contributed by atoms with Gasteiger partial charge in [-0.2, -0.15) is 8.78 Å². The molecule has 2 N–H and O–H groups in total. The maximum atomic E-state index is 15.7. The number of alkyl halides is 1. The minimum absolute atomic E-state index is 0.181. The number of amidine groups is 1. The van der Waals surface area contributed by atoms with Crippen molar-refractivity contribution in [3.05, 3.63) is 71.6 Å². The van der Waals surface area contributed by atoms with E-state index in [1.807, 2.05) is 6.07 Å². The van der Waals surface area contributed by atoms with Crippen molar-refractivity contribution >= 4 is 6.02 Å². The van der Waals surface area contributed by atoms with Crippen molar-refractivity contribution in [2.24, 2.45) is 10.7 Å². The summed E-state index contributed by atoms with van der Waals surface area (Å²) in [6.45, 7) is 1.29. The molecule has 7 nitrogen and oxygen atoms in total. The fourth-order valence-electron chi connectivity index (χ4n) is 4.81. The third kappa shape index (κ3) is 3.06. The molecule has 0 bridgehead atoms. The molecular formula is C24H20F2N4O3. The summed E-state index contributed by atoms with van der Waals surface area (Å²) >= 11 is 0. The first-order valence-corrected chi connectivity index (χ1v) is 10.7. The minimum Gasteiger partial charge on any atom is -0.455 e. The van der Waals surface area contributed by atoms with E-state index in [0.717, 1.165) is 18.5 Å². The summed E-state index contributed by atoms with van der Waals surface area (Å²) in [5, 5.41) is 0. The van der Waals surface area contributed by atoms with Gasteiger partial charge in [0, 0.05) is 47.7 Å². The van der Waals surface area contributed by atoms with E-state index in [4.69, 9.17) is 19.9 Å². The van der Waals surface area contributed by atoms with Gasteiger partial charge in [0.15, 0.2) is 11.3 Å². The van der Waals surface area contributed by atoms with Crippen LogP contribution in [0.5, 0.6) is 11.5 Å². The Hall–Kier alpha value is -3.59. The fourth-order valence-corrected chi connectivity index (χ4v) is 4.81. The van der Waals surface area contributed by atoms with Gasteiger partial charge in [0.25, 0.3) is 12.4 Å². The number of hydrogen-bond donors (Lipinski definition) is 1. The van der Waals surface area contributed by atoms with E-state index in [1.54, 1.807) is 36.5 Å². The van der Waals surface area contributed by atoms with Crippen molar-refractivity contribution in [2.75, 3.05) is 13.2 Å². The van der Waals surface area contributed by atoms with Crippen molar-refractivity contribution in [3.8, 4) is 22.6 Å². The minimum atomic E-state index is -1.89. The summed E-state index contributed by atoms with van der Waals surface area (Å²) < 4.78 is 46.8. The monoisotopic (exact) mass is 450 g/mol. The van der Waals surface area contributed by atoms with E-state index >= 15 is 4.39 Å². The zero-order chi connectivity index (χ0) is 22.6. The van der Waals surface area contributed by atoms with Gasteiger partial charge in [-0.25, -0.2) is 9.98 Å². The Labute approximate surface area is 188 Å². The largest absolute Gasteiger partial charge is 0.455 e. The number of benzene rings is 1. The predicted octanol–water partition coefficient (Wildman–Crippen LogP) is 4.17. The number of aliphatic imine (C=N–C) groups is 1. The van der Waals surface area contributed by atoms with Gasteiger partial charge < -0.3 is 19.9 Å². The Bertz CT molecular complexity index is 1280. The lowest BCUT2D eigenvalue weighted by molar-refractivity contribution is 0.0217. The lowest BCUT2D eigenvalue weighted by Crippen LogP contribution is -2.37. The van der Waals surface area contributed by atoms with Gasteiger partial charge in [-0.3, -0.25) is 4.98 Å². The SMILES string of the molecule is NC1=NC2(c3cc(-c4cccnc4F)ccc3Oc3cnc(C4CCOCC4)cc32)C(F)O1. The van der Waals surface area contributed by atoms with E-state index in [2.05, 4.69) is 15.0 Å². The molecule has 1 fully saturated rings. The van der Waals surface area contributed by atoms with Gasteiger partial charge in [-0.1, -0.05) is 6.07 Å². The zero-order valence-electron chi connectivity index (χ0n) is 17.5. The molecule has 1 aromatic carbocycles. The van der Waals surface area contributed by atoms with E-state index in [1.165, 1.54) is 6.20 Å². The van der Waals surface area contributed by atoms with Crippen LogP contribution in [0.3, 0.4) is 0 Å². The third-order valence-electron chi connectivity index (χ3n) is 6.46. The van der Waals surface area contributed by atoms with Crippen molar-refractivity contribution in [3.63, 3.8) is 0 Å². The topological polar surface area (TPSA) is 91.9 Å². The predicted molar refractivity (Wildman–Crippen MR) is 115 cm³/mol. The lowest BCUT2D eigenvalue weighted by atomic mass is 9.79. The summed E-state index contributed by atoms with van der Waals surface area (Å²) in [5.41, 5.74) is 6.73. The van der Waals surface area contributed by atoms with E-state index in [-0.39, 0.29) is 17.5 Å². The number of fused-ring (bicyclic) bond motifs is 4. The van der Waals surface area contributed by atoms with Crippen LogP contribution in [-0.4, -0.2) is 35.6 Å². The number of hydrogen-bond acceptors (Lipinski definition) is 7. The first kappa shape index (κ1) is 20.0. The van der Waals surface area contributed by atoms with Crippen LogP contribution in [0.2, 0.25) is 0 Å². The summed E-state index contributed by atoms with van der Waals surface area (Å²) in [4.78, 5) is 12.7. The Morgan fingerprint density at radius 3 is 2.61 bits per heavy atom. The Morgan fingerprint density at radius 2 is 1.85 bits per heavy atom. The van der Waals surface area contributed by atoms with Gasteiger partial charge in [0.05, 0.1) is 6.20 Å². The van der Waals surface area contributed by atoms with E-state index in [9.17, 15) is 4.39 Å². The second kappa shape index (κ2) is 7.48. The molecule has 1 saturated heterocycles. The zero-order valence-corrected chi connectivity index (χ0v) is 17.5. The second-order valence-electron chi connectivity index (χ2n) is 8.30. The molecule has 33 heavy (non-hydrogen) atoms. The molecule has 3 aromatic rings. The number of nitrogens with two attached hydrogens (primary N) is 1. The van der Waals surface area contributed by atoms with Crippen LogP contribution in [-0.2, 0) is 15.0 Å². The highest BCUT2D eigenvalue weighted by Gasteiger charge is 2.55. The van der Waals surface area contributed by atoms with Crippen LogP contribution in [0.4, 0.5) is 8.78 Å². The molecule has 2 atom stereocenters. The summed E-state index contributed by atoms with van der Waals surface area (Å²) in [5.74, 6) is 0.307. The number of rotatable bonds is 2. The molecule has 2 aromatic heterocycles. The number of aromatic nitrogens is 2. The first-order valence-electron chi connectivity index (χ1n) is 10.7. The van der Waals surface area contributed by atoms with Gasteiger partial charge >= 0.3 is 0 Å². The molecule has 9 heteroatoms. The molecule has 3 aliphatic heterocycles. The summed E-state index contributed by atoms with van der Waals surface area (Å²) in [6, 6.07) is 9.82. The maximum Gasteiger partial charge on any atom is 0.286 e. The number of pyridine rings is 2. The van der Waals surface area contributed by atoms with Crippen LogP contribution < -0.4 is 10.5 Å². The van der Waals surface area contributed by atoms with E-state index in [0.29, 0.717) is 41.4 Å². The van der Waals surface area contributed by atoms with Gasteiger partial charge in [-0.05, 0) is 48.7 Å². The number of ether oxygens (including phenoxy) is 3. The highest BCUT2D eigenvalue weighted by Crippen LogP contribution is 2.54. The standard InChI is InChI=1S/C24H20F2N4O3/c25-21-15(2-1-7-28-21)14-3-4-19-16(10-14)24(22(26)33-23(27)30-24)17-11-18(29-12-20(17)32-19)13-5-8-31-9-6-13/h1-4,7,10-13,22H,5-6,8-9H2,(H2,27,30). The normalized spacial score (nSPS) is 23.9. The molecule has 2 unspecified atom stereocenters. The molecule has 0 radical (unpaired) electrons. The first-order chi connectivity index (χ1) is 16.1. The second-order valence-corrected chi connectivity index (χ2v) is 8.30.